The molecule has 28 heavy (non-hydrogen) atoms. The number of pyridine rings is 1. The van der Waals surface area contributed by atoms with Gasteiger partial charge in [0.05, 0.1) is 11.4 Å². The Labute approximate surface area is 161 Å². The van der Waals surface area contributed by atoms with Crippen molar-refractivity contribution in [2.75, 3.05) is 0 Å². The molecule has 0 spiro atoms. The minimum atomic E-state index is 0.566. The molecule has 0 saturated carbocycles. The largest absolute Gasteiger partial charge is 0.324 e. The molecule has 0 aliphatic carbocycles. The second kappa shape index (κ2) is 6.66. The van der Waals surface area contributed by atoms with Gasteiger partial charge >= 0.3 is 0 Å². The van der Waals surface area contributed by atoms with E-state index in [1.807, 2.05) is 73.7 Å². The Hall–Kier alpha value is -3.93. The molecule has 0 saturated heterocycles. The number of H-pyrrole nitrogens is 1. The smallest absolute Gasteiger partial charge is 0.180 e. The number of nitrogens with one attached hydrogen (secondary N) is 1. The lowest BCUT2D eigenvalue weighted by molar-refractivity contribution is 1.04. The molecule has 5 rings (SSSR count). The maximum Gasteiger partial charge on any atom is 0.180 e. The number of hydrogen-bond acceptors (Lipinski definition) is 5. The van der Waals surface area contributed by atoms with Crippen LogP contribution >= 0.6 is 0 Å². The van der Waals surface area contributed by atoms with Crippen molar-refractivity contribution in [3.05, 3.63) is 78.6 Å². The molecule has 0 aliphatic rings. The Balaban J connectivity index is 1.75. The number of fused-ring (bicyclic) bond motifs is 1. The molecule has 0 unspecified atom stereocenters. The zero-order valence-corrected chi connectivity index (χ0v) is 15.1. The number of hydrogen-bond donors (Lipinski definition) is 1. The maximum atomic E-state index is 4.88. The van der Waals surface area contributed by atoms with Gasteiger partial charge in [0.2, 0.25) is 0 Å². The van der Waals surface area contributed by atoms with E-state index in [4.69, 9.17) is 9.97 Å². The van der Waals surface area contributed by atoms with E-state index >= 15 is 0 Å². The third-order valence-electron chi connectivity index (χ3n) is 4.41. The van der Waals surface area contributed by atoms with Gasteiger partial charge in [-0.25, -0.2) is 15.0 Å². The summed E-state index contributed by atoms with van der Waals surface area (Å²) in [5.41, 5.74) is 5.56. The highest BCUT2D eigenvalue weighted by atomic mass is 15.2. The molecule has 0 bridgehead atoms. The van der Waals surface area contributed by atoms with Crippen molar-refractivity contribution >= 4 is 11.2 Å². The van der Waals surface area contributed by atoms with E-state index in [0.717, 1.165) is 33.9 Å². The predicted molar refractivity (Wildman–Crippen MR) is 107 cm³/mol. The van der Waals surface area contributed by atoms with Crippen LogP contribution in [0.2, 0.25) is 0 Å². The highest BCUT2D eigenvalue weighted by Crippen LogP contribution is 2.30. The second-order valence-electron chi connectivity index (χ2n) is 6.37. The summed E-state index contributed by atoms with van der Waals surface area (Å²) >= 11 is 0. The molecular weight excluding hydrogens is 348 g/mol. The lowest BCUT2D eigenvalue weighted by Crippen LogP contribution is -1.98. The van der Waals surface area contributed by atoms with E-state index in [1.165, 1.54) is 0 Å². The van der Waals surface area contributed by atoms with Gasteiger partial charge in [-0.2, -0.15) is 0 Å². The Morgan fingerprint density at radius 3 is 2.25 bits per heavy atom. The van der Waals surface area contributed by atoms with Crippen LogP contribution in [-0.4, -0.2) is 30.1 Å². The minimum Gasteiger partial charge on any atom is -0.324 e. The van der Waals surface area contributed by atoms with Gasteiger partial charge < -0.3 is 4.98 Å². The molecule has 1 radical (unpaired) electrons. The van der Waals surface area contributed by atoms with E-state index in [0.29, 0.717) is 17.2 Å². The van der Waals surface area contributed by atoms with Crippen molar-refractivity contribution in [3.63, 3.8) is 0 Å². The molecule has 0 fully saturated rings. The van der Waals surface area contributed by atoms with E-state index in [1.54, 1.807) is 0 Å². The van der Waals surface area contributed by atoms with Crippen molar-refractivity contribution in [1.82, 2.24) is 30.1 Å². The summed E-state index contributed by atoms with van der Waals surface area (Å²) in [6, 6.07) is 24.6. The molecule has 3 heterocycles. The fourth-order valence-corrected chi connectivity index (χ4v) is 3.08. The van der Waals surface area contributed by atoms with Crippen molar-refractivity contribution < 1.29 is 0 Å². The van der Waals surface area contributed by atoms with Gasteiger partial charge in [-0.15, -0.1) is 10.2 Å². The van der Waals surface area contributed by atoms with Crippen molar-refractivity contribution in [2.45, 2.75) is 6.92 Å². The average Bonchev–Trinajstić information content (AvgIpc) is 3.20. The summed E-state index contributed by atoms with van der Waals surface area (Å²) in [5, 5.41) is 8.13. The molecule has 133 valence electrons. The van der Waals surface area contributed by atoms with Crippen LogP contribution in [0.25, 0.3) is 45.2 Å². The molecule has 6 heteroatoms. The SMILES string of the molecule is Cc1nnc(-c2ccc3nc(-c4cc[c]cc4)c(-c4ccccc4)nc3n2)[nH]1. The fourth-order valence-electron chi connectivity index (χ4n) is 3.08. The van der Waals surface area contributed by atoms with Gasteiger partial charge in [0.1, 0.15) is 17.0 Å². The molecule has 3 aromatic heterocycles. The predicted octanol–water partition coefficient (Wildman–Crippen LogP) is 4.25. The van der Waals surface area contributed by atoms with Crippen LogP contribution < -0.4 is 0 Å². The van der Waals surface area contributed by atoms with Crippen LogP contribution in [0.1, 0.15) is 5.82 Å². The summed E-state index contributed by atoms with van der Waals surface area (Å²) in [5.74, 6) is 1.36. The Kier molecular flexibility index (Phi) is 3.87. The highest BCUT2D eigenvalue weighted by molar-refractivity contribution is 5.85. The van der Waals surface area contributed by atoms with Crippen LogP contribution in [0.15, 0.2) is 66.7 Å². The zero-order valence-electron chi connectivity index (χ0n) is 15.1. The van der Waals surface area contributed by atoms with Gasteiger partial charge in [-0.05, 0) is 25.1 Å². The van der Waals surface area contributed by atoms with E-state index in [2.05, 4.69) is 26.2 Å². The van der Waals surface area contributed by atoms with Crippen LogP contribution in [0.3, 0.4) is 0 Å². The molecule has 5 aromatic rings. The van der Waals surface area contributed by atoms with Gasteiger partial charge in [0, 0.05) is 11.1 Å². The quantitative estimate of drug-likeness (QED) is 0.518. The Morgan fingerprint density at radius 1 is 0.750 bits per heavy atom. The van der Waals surface area contributed by atoms with Crippen molar-refractivity contribution in [2.24, 2.45) is 0 Å². The number of rotatable bonds is 3. The van der Waals surface area contributed by atoms with Gasteiger partial charge in [0.25, 0.3) is 0 Å². The fraction of sp³-hybridized carbons (Fsp3) is 0.0455. The molecular formula is C22H15N6. The van der Waals surface area contributed by atoms with Crippen LogP contribution in [-0.2, 0) is 0 Å². The Bertz CT molecular complexity index is 1260. The lowest BCUT2D eigenvalue weighted by Gasteiger charge is -2.10. The molecule has 0 atom stereocenters. The topological polar surface area (TPSA) is 80.2 Å². The summed E-state index contributed by atoms with van der Waals surface area (Å²) in [6.45, 7) is 1.86. The first-order valence-corrected chi connectivity index (χ1v) is 8.88. The van der Waals surface area contributed by atoms with Crippen LogP contribution in [0, 0.1) is 13.0 Å². The number of aromatic nitrogens is 6. The van der Waals surface area contributed by atoms with E-state index < -0.39 is 0 Å². The third-order valence-corrected chi connectivity index (χ3v) is 4.41. The highest BCUT2D eigenvalue weighted by Gasteiger charge is 2.15. The first-order chi connectivity index (χ1) is 13.8. The number of aryl methyl sites for hydroxylation is 1. The van der Waals surface area contributed by atoms with Gasteiger partial charge in [-0.1, -0.05) is 54.6 Å². The monoisotopic (exact) mass is 363 g/mol. The minimum absolute atomic E-state index is 0.566. The molecule has 1 N–H and O–H groups in total. The van der Waals surface area contributed by atoms with Crippen LogP contribution in [0.4, 0.5) is 0 Å². The van der Waals surface area contributed by atoms with Gasteiger partial charge in [0.15, 0.2) is 11.5 Å². The lowest BCUT2D eigenvalue weighted by atomic mass is 10.0. The van der Waals surface area contributed by atoms with E-state index in [9.17, 15) is 0 Å². The van der Waals surface area contributed by atoms with Crippen LogP contribution in [0.5, 0.6) is 0 Å². The van der Waals surface area contributed by atoms with Crippen molar-refractivity contribution in [3.8, 4) is 34.0 Å². The third kappa shape index (κ3) is 2.91. The summed E-state index contributed by atoms with van der Waals surface area (Å²) in [6.07, 6.45) is 0. The Morgan fingerprint density at radius 2 is 1.50 bits per heavy atom. The zero-order chi connectivity index (χ0) is 18.9. The number of nitrogens with zero attached hydrogens (tertiary/aromatic N) is 5. The summed E-state index contributed by atoms with van der Waals surface area (Å²) in [4.78, 5) is 17.5. The van der Waals surface area contributed by atoms with E-state index in [-0.39, 0.29) is 0 Å². The first kappa shape index (κ1) is 16.3. The summed E-state index contributed by atoms with van der Waals surface area (Å²) in [7, 11) is 0. The molecule has 0 aliphatic heterocycles. The summed E-state index contributed by atoms with van der Waals surface area (Å²) < 4.78 is 0. The molecule has 6 nitrogen and oxygen atoms in total. The first-order valence-electron chi connectivity index (χ1n) is 8.88. The average molecular weight is 363 g/mol. The van der Waals surface area contributed by atoms with Crippen molar-refractivity contribution in [1.29, 1.82) is 0 Å². The molecule has 0 amide bonds. The molecule has 2 aromatic carbocycles. The normalized spacial score (nSPS) is 11.0. The number of benzene rings is 2. The maximum absolute atomic E-state index is 4.88. The van der Waals surface area contributed by atoms with Gasteiger partial charge in [-0.3, -0.25) is 0 Å². The second-order valence-corrected chi connectivity index (χ2v) is 6.37. The standard InChI is InChI=1S/C22H15N6/c1-14-23-22(28-27-14)18-13-12-17-21(25-18)26-20(16-10-6-3-7-11-16)19(24-17)15-8-4-2-5-9-15/h3-13H,1H3,(H,23,27,28). The number of aromatic amines is 1.